The SMILES string of the molecule is O=C1CCC(c2ccc(C=S)cc2)=C1Br. The van der Waals surface area contributed by atoms with E-state index in [9.17, 15) is 4.79 Å². The maximum atomic E-state index is 11.4. The van der Waals surface area contributed by atoms with Crippen molar-refractivity contribution in [2.45, 2.75) is 12.8 Å². The molecule has 3 heteroatoms. The Hall–Kier alpha value is -0.800. The number of allylic oxidation sites excluding steroid dienone is 2. The Balaban J connectivity index is 2.38. The molecule has 0 N–H and O–H groups in total. The zero-order valence-corrected chi connectivity index (χ0v) is 10.4. The standard InChI is InChI=1S/C12H9BrOS/c13-12-10(5-6-11(12)14)9-3-1-8(7-15)2-4-9/h1-4,7H,5-6H2. The highest BCUT2D eigenvalue weighted by Crippen LogP contribution is 2.34. The van der Waals surface area contributed by atoms with Crippen molar-refractivity contribution in [2.75, 3.05) is 0 Å². The second-order valence-electron chi connectivity index (χ2n) is 3.46. The van der Waals surface area contributed by atoms with E-state index in [1.165, 1.54) is 0 Å². The van der Waals surface area contributed by atoms with Crippen molar-refractivity contribution in [3.63, 3.8) is 0 Å². The Morgan fingerprint density at radius 3 is 2.33 bits per heavy atom. The number of rotatable bonds is 2. The molecule has 0 bridgehead atoms. The molecule has 1 aromatic rings. The molecule has 0 aromatic heterocycles. The van der Waals surface area contributed by atoms with Gasteiger partial charge in [-0.1, -0.05) is 36.5 Å². The van der Waals surface area contributed by atoms with Crippen molar-refractivity contribution in [3.05, 3.63) is 39.9 Å². The summed E-state index contributed by atoms with van der Waals surface area (Å²) in [6.07, 6.45) is 1.45. The van der Waals surface area contributed by atoms with Crippen molar-refractivity contribution in [3.8, 4) is 0 Å². The number of thiocarbonyl (C=S) groups is 1. The van der Waals surface area contributed by atoms with E-state index in [4.69, 9.17) is 12.2 Å². The molecule has 2 rings (SSSR count). The van der Waals surface area contributed by atoms with Gasteiger partial charge in [0.05, 0.1) is 4.48 Å². The summed E-state index contributed by atoms with van der Waals surface area (Å²) in [5.74, 6) is 0.198. The van der Waals surface area contributed by atoms with Crippen LogP contribution in [0.3, 0.4) is 0 Å². The number of carbonyl (C=O) groups is 1. The van der Waals surface area contributed by atoms with Gasteiger partial charge in [-0.3, -0.25) is 4.79 Å². The van der Waals surface area contributed by atoms with Crippen molar-refractivity contribution in [1.82, 2.24) is 0 Å². The number of ketones is 1. The highest BCUT2D eigenvalue weighted by Gasteiger charge is 2.21. The van der Waals surface area contributed by atoms with Gasteiger partial charge < -0.3 is 0 Å². The second kappa shape index (κ2) is 4.37. The largest absolute Gasteiger partial charge is 0.294 e. The quantitative estimate of drug-likeness (QED) is 0.772. The summed E-state index contributed by atoms with van der Waals surface area (Å²) in [5.41, 5.74) is 3.24. The molecule has 76 valence electrons. The first kappa shape index (κ1) is 10.7. The molecule has 0 atom stereocenters. The molecule has 0 aliphatic heterocycles. The monoisotopic (exact) mass is 280 g/mol. The lowest BCUT2D eigenvalue weighted by Crippen LogP contribution is -1.87. The van der Waals surface area contributed by atoms with Crippen LogP contribution in [-0.4, -0.2) is 11.2 Å². The average molecular weight is 281 g/mol. The maximum Gasteiger partial charge on any atom is 0.170 e. The predicted octanol–water partition coefficient (Wildman–Crippen LogP) is 3.50. The fourth-order valence-corrected chi connectivity index (χ4v) is 2.44. The first-order chi connectivity index (χ1) is 7.22. The van der Waals surface area contributed by atoms with Crippen molar-refractivity contribution >= 4 is 44.9 Å². The minimum Gasteiger partial charge on any atom is -0.294 e. The summed E-state index contributed by atoms with van der Waals surface area (Å²) in [4.78, 5) is 11.4. The van der Waals surface area contributed by atoms with E-state index in [1.54, 1.807) is 5.37 Å². The second-order valence-corrected chi connectivity index (χ2v) is 4.48. The van der Waals surface area contributed by atoms with E-state index < -0.39 is 0 Å². The Bertz CT molecular complexity index is 445. The van der Waals surface area contributed by atoms with Gasteiger partial charge in [-0.15, -0.1) is 0 Å². The van der Waals surface area contributed by atoms with Crippen molar-refractivity contribution < 1.29 is 4.79 Å². The topological polar surface area (TPSA) is 17.1 Å². The number of benzene rings is 1. The van der Waals surface area contributed by atoms with Gasteiger partial charge in [-0.05, 0) is 39.1 Å². The van der Waals surface area contributed by atoms with Gasteiger partial charge in [-0.25, -0.2) is 0 Å². The molecule has 0 spiro atoms. The van der Waals surface area contributed by atoms with Crippen LogP contribution in [0.4, 0.5) is 0 Å². The Morgan fingerprint density at radius 1 is 1.20 bits per heavy atom. The number of hydrogen-bond acceptors (Lipinski definition) is 2. The molecule has 15 heavy (non-hydrogen) atoms. The van der Waals surface area contributed by atoms with Crippen LogP contribution in [0.5, 0.6) is 0 Å². The Labute approximate surface area is 102 Å². The van der Waals surface area contributed by atoms with E-state index >= 15 is 0 Å². The van der Waals surface area contributed by atoms with E-state index in [0.29, 0.717) is 6.42 Å². The normalized spacial score (nSPS) is 15.9. The molecular weight excluding hydrogens is 272 g/mol. The smallest absolute Gasteiger partial charge is 0.170 e. The molecule has 1 aliphatic carbocycles. The van der Waals surface area contributed by atoms with Crippen LogP contribution in [0.15, 0.2) is 28.7 Å². The molecule has 0 fully saturated rings. The first-order valence-electron chi connectivity index (χ1n) is 4.70. The van der Waals surface area contributed by atoms with E-state index in [-0.39, 0.29) is 5.78 Å². The number of hydrogen-bond donors (Lipinski definition) is 0. The van der Waals surface area contributed by atoms with Crippen LogP contribution in [0, 0.1) is 0 Å². The highest BCUT2D eigenvalue weighted by atomic mass is 79.9. The molecule has 0 saturated carbocycles. The van der Waals surface area contributed by atoms with E-state index in [2.05, 4.69) is 15.9 Å². The highest BCUT2D eigenvalue weighted by molar-refractivity contribution is 9.12. The average Bonchev–Trinajstić information content (AvgIpc) is 2.60. The fraction of sp³-hybridized carbons (Fsp3) is 0.167. The van der Waals surface area contributed by atoms with Gasteiger partial charge >= 0.3 is 0 Å². The molecular formula is C12H9BrOS. The third-order valence-corrected chi connectivity index (χ3v) is 3.70. The van der Waals surface area contributed by atoms with Gasteiger partial charge in [0.25, 0.3) is 0 Å². The van der Waals surface area contributed by atoms with Crippen LogP contribution in [-0.2, 0) is 4.79 Å². The summed E-state index contributed by atoms with van der Waals surface area (Å²) in [6.45, 7) is 0. The molecule has 1 aromatic carbocycles. The van der Waals surface area contributed by atoms with Crippen LogP contribution < -0.4 is 0 Å². The predicted molar refractivity (Wildman–Crippen MR) is 69.3 cm³/mol. The van der Waals surface area contributed by atoms with Gasteiger partial charge in [-0.2, -0.15) is 0 Å². The molecule has 0 saturated heterocycles. The van der Waals surface area contributed by atoms with E-state index in [0.717, 1.165) is 27.6 Å². The van der Waals surface area contributed by atoms with Gasteiger partial charge in [0.2, 0.25) is 0 Å². The fourth-order valence-electron chi connectivity index (χ4n) is 1.66. The lowest BCUT2D eigenvalue weighted by Gasteiger charge is -2.02. The maximum absolute atomic E-state index is 11.4. The number of carbonyl (C=O) groups excluding carboxylic acids is 1. The summed E-state index contributed by atoms with van der Waals surface area (Å²) in [7, 11) is 0. The van der Waals surface area contributed by atoms with Crippen molar-refractivity contribution in [1.29, 1.82) is 0 Å². The molecule has 0 unspecified atom stereocenters. The van der Waals surface area contributed by atoms with Crippen LogP contribution in [0.2, 0.25) is 0 Å². The summed E-state index contributed by atoms with van der Waals surface area (Å²) in [5, 5.41) is 1.65. The zero-order chi connectivity index (χ0) is 10.8. The minimum absolute atomic E-state index is 0.198. The molecule has 0 amide bonds. The van der Waals surface area contributed by atoms with E-state index in [1.807, 2.05) is 24.3 Å². The Kier molecular flexibility index (Phi) is 3.12. The number of halogens is 1. The minimum atomic E-state index is 0.198. The molecule has 1 nitrogen and oxygen atoms in total. The van der Waals surface area contributed by atoms with Crippen LogP contribution in [0.1, 0.15) is 24.0 Å². The van der Waals surface area contributed by atoms with Crippen molar-refractivity contribution in [2.24, 2.45) is 0 Å². The van der Waals surface area contributed by atoms with Crippen LogP contribution in [0.25, 0.3) is 5.57 Å². The third-order valence-electron chi connectivity index (χ3n) is 2.51. The van der Waals surface area contributed by atoms with Gasteiger partial charge in [0.1, 0.15) is 0 Å². The third kappa shape index (κ3) is 2.08. The molecule has 0 radical (unpaired) electrons. The molecule has 1 aliphatic rings. The summed E-state index contributed by atoms with van der Waals surface area (Å²) in [6, 6.07) is 7.96. The first-order valence-corrected chi connectivity index (χ1v) is 5.96. The van der Waals surface area contributed by atoms with Gasteiger partial charge in [0.15, 0.2) is 5.78 Å². The summed E-state index contributed by atoms with van der Waals surface area (Å²) >= 11 is 8.18. The summed E-state index contributed by atoms with van der Waals surface area (Å²) < 4.78 is 0.734. The zero-order valence-electron chi connectivity index (χ0n) is 8.00. The number of Topliss-reactive ketones (excluding diaryl/α,β-unsaturated/α-hetero) is 1. The molecule has 0 heterocycles. The lowest BCUT2D eigenvalue weighted by atomic mass is 10.0. The van der Waals surface area contributed by atoms with Gasteiger partial charge in [0, 0.05) is 11.8 Å². The Morgan fingerprint density at radius 2 is 1.87 bits per heavy atom. The lowest BCUT2D eigenvalue weighted by molar-refractivity contribution is -0.114. The van der Waals surface area contributed by atoms with Crippen LogP contribution >= 0.6 is 28.1 Å².